The van der Waals surface area contributed by atoms with Gasteiger partial charge in [0.25, 0.3) is 5.56 Å². The average molecular weight is 418 g/mol. The summed E-state index contributed by atoms with van der Waals surface area (Å²) in [5, 5.41) is 0.764. The molecule has 0 atom stereocenters. The Morgan fingerprint density at radius 1 is 1.03 bits per heavy atom. The average Bonchev–Trinajstić information content (AvgIpc) is 3.06. The zero-order chi connectivity index (χ0) is 20.7. The maximum atomic E-state index is 12.6. The lowest BCUT2D eigenvalue weighted by Gasteiger charge is -2.36. The Hall–Kier alpha value is -2.78. The molecule has 0 radical (unpaired) electrons. The molecule has 2 N–H and O–H groups in total. The molecule has 2 aromatic heterocycles. The van der Waals surface area contributed by atoms with Crippen molar-refractivity contribution in [3.63, 3.8) is 0 Å². The predicted octanol–water partition coefficient (Wildman–Crippen LogP) is 0.492. The van der Waals surface area contributed by atoms with Crippen LogP contribution in [0.1, 0.15) is 0 Å². The largest absolute Gasteiger partial charge is 0.369 e. The van der Waals surface area contributed by atoms with Crippen molar-refractivity contribution < 1.29 is 0 Å². The fraction of sp³-hybridized carbons (Fsp3) is 0.421. The zero-order valence-corrected chi connectivity index (χ0v) is 17.3. The van der Waals surface area contributed by atoms with Gasteiger partial charge in [0.1, 0.15) is 0 Å². The lowest BCUT2D eigenvalue weighted by Crippen LogP contribution is -2.47. The van der Waals surface area contributed by atoms with Crippen LogP contribution in [0.15, 0.2) is 33.9 Å². The molecule has 0 bridgehead atoms. The number of benzene rings is 1. The molecular formula is C19H24ClN7O2. The van der Waals surface area contributed by atoms with Crippen LogP contribution in [0.2, 0.25) is 5.02 Å². The number of nitrogen functional groups attached to an aromatic ring is 1. The number of piperazine rings is 1. The second-order valence-corrected chi connectivity index (χ2v) is 7.69. The molecule has 0 unspecified atom stereocenters. The molecule has 3 heterocycles. The van der Waals surface area contributed by atoms with E-state index in [0.29, 0.717) is 17.7 Å². The highest BCUT2D eigenvalue weighted by Crippen LogP contribution is 2.26. The van der Waals surface area contributed by atoms with Gasteiger partial charge in [-0.1, -0.05) is 23.7 Å². The van der Waals surface area contributed by atoms with Gasteiger partial charge in [0.05, 0.1) is 10.7 Å². The molecule has 29 heavy (non-hydrogen) atoms. The highest BCUT2D eigenvalue weighted by molar-refractivity contribution is 6.33. The first-order valence-electron chi connectivity index (χ1n) is 9.52. The first-order chi connectivity index (χ1) is 13.9. The minimum Gasteiger partial charge on any atom is -0.369 e. The minimum absolute atomic E-state index is 0.244. The van der Waals surface area contributed by atoms with Crippen LogP contribution >= 0.6 is 11.6 Å². The second-order valence-electron chi connectivity index (χ2n) is 7.28. The van der Waals surface area contributed by atoms with Gasteiger partial charge in [0, 0.05) is 53.4 Å². The molecule has 10 heteroatoms. The van der Waals surface area contributed by atoms with Gasteiger partial charge < -0.3 is 15.2 Å². The molecule has 1 aliphatic rings. The molecule has 3 aromatic rings. The molecule has 0 spiro atoms. The molecule has 1 aromatic carbocycles. The number of aryl methyl sites for hydroxylation is 1. The van der Waals surface area contributed by atoms with Crippen molar-refractivity contribution in [1.29, 1.82) is 0 Å². The van der Waals surface area contributed by atoms with E-state index >= 15 is 0 Å². The van der Waals surface area contributed by atoms with E-state index in [-0.39, 0.29) is 11.5 Å². The van der Waals surface area contributed by atoms with Gasteiger partial charge in [0.2, 0.25) is 5.95 Å². The number of fused-ring (bicyclic) bond motifs is 1. The molecule has 0 aliphatic carbocycles. The Bertz CT molecular complexity index is 1170. The van der Waals surface area contributed by atoms with Crippen molar-refractivity contribution in [2.24, 2.45) is 14.1 Å². The maximum Gasteiger partial charge on any atom is 0.332 e. The van der Waals surface area contributed by atoms with Crippen molar-refractivity contribution >= 4 is 34.4 Å². The van der Waals surface area contributed by atoms with Crippen LogP contribution in [0.3, 0.4) is 0 Å². The standard InChI is InChI=1S/C19H24ClN7O2/c1-23-16-15(17(28)24(2)19(23)29)27(18(21)22-16)12-9-25-7-10-26(11-8-25)14-6-4-3-5-13(14)20/h3-6H,7-12H2,1-2H3,(H2,21,22). The third kappa shape index (κ3) is 3.40. The number of nitrogens with zero attached hydrogens (tertiary/aromatic N) is 6. The molecule has 0 amide bonds. The number of hydrogen-bond acceptors (Lipinski definition) is 6. The van der Waals surface area contributed by atoms with Crippen molar-refractivity contribution in [2.45, 2.75) is 6.54 Å². The lowest BCUT2D eigenvalue weighted by atomic mass is 10.2. The lowest BCUT2D eigenvalue weighted by molar-refractivity contribution is 0.249. The molecule has 1 fully saturated rings. The Morgan fingerprint density at radius 3 is 2.41 bits per heavy atom. The van der Waals surface area contributed by atoms with E-state index in [1.807, 2.05) is 24.3 Å². The normalized spacial score (nSPS) is 15.3. The Balaban J connectivity index is 1.49. The minimum atomic E-state index is -0.414. The zero-order valence-electron chi connectivity index (χ0n) is 16.5. The number of aromatic nitrogens is 4. The second kappa shape index (κ2) is 7.57. The van der Waals surface area contributed by atoms with Crippen LogP contribution in [0.25, 0.3) is 11.2 Å². The highest BCUT2D eigenvalue weighted by Gasteiger charge is 2.21. The number of rotatable bonds is 4. The summed E-state index contributed by atoms with van der Waals surface area (Å²) in [6, 6.07) is 7.87. The van der Waals surface area contributed by atoms with Crippen molar-refractivity contribution in [3.8, 4) is 0 Å². The van der Waals surface area contributed by atoms with Crippen molar-refractivity contribution in [2.75, 3.05) is 43.4 Å². The van der Waals surface area contributed by atoms with Crippen molar-refractivity contribution in [3.05, 3.63) is 50.1 Å². The van der Waals surface area contributed by atoms with E-state index < -0.39 is 5.69 Å². The van der Waals surface area contributed by atoms with Crippen LogP contribution in [-0.2, 0) is 20.6 Å². The predicted molar refractivity (Wildman–Crippen MR) is 115 cm³/mol. The molecule has 0 saturated carbocycles. The molecule has 4 rings (SSSR count). The van der Waals surface area contributed by atoms with Crippen LogP contribution in [0.5, 0.6) is 0 Å². The van der Waals surface area contributed by atoms with Crippen LogP contribution in [0, 0.1) is 0 Å². The van der Waals surface area contributed by atoms with E-state index in [1.54, 1.807) is 11.6 Å². The summed E-state index contributed by atoms with van der Waals surface area (Å²) in [7, 11) is 3.06. The van der Waals surface area contributed by atoms with Gasteiger partial charge in [-0.25, -0.2) is 4.79 Å². The van der Waals surface area contributed by atoms with Gasteiger partial charge in [-0.05, 0) is 12.1 Å². The van der Waals surface area contributed by atoms with Crippen molar-refractivity contribution in [1.82, 2.24) is 23.6 Å². The summed E-state index contributed by atoms with van der Waals surface area (Å²) in [4.78, 5) is 33.6. The quantitative estimate of drug-likeness (QED) is 0.664. The summed E-state index contributed by atoms with van der Waals surface area (Å²) >= 11 is 6.31. The van der Waals surface area contributed by atoms with Crippen LogP contribution < -0.4 is 21.9 Å². The third-order valence-corrected chi connectivity index (χ3v) is 5.90. The number of imidazole rings is 1. The summed E-state index contributed by atoms with van der Waals surface area (Å²) in [5.74, 6) is 0.244. The molecule has 154 valence electrons. The maximum absolute atomic E-state index is 12.6. The number of halogens is 1. The van der Waals surface area contributed by atoms with Crippen LogP contribution in [0.4, 0.5) is 11.6 Å². The monoisotopic (exact) mass is 417 g/mol. The first kappa shape index (κ1) is 19.5. The fourth-order valence-electron chi connectivity index (χ4n) is 3.85. The van der Waals surface area contributed by atoms with Gasteiger partial charge in [0.15, 0.2) is 11.2 Å². The number of nitrogens with two attached hydrogens (primary N) is 1. The van der Waals surface area contributed by atoms with E-state index in [9.17, 15) is 9.59 Å². The molecular weight excluding hydrogens is 394 g/mol. The smallest absolute Gasteiger partial charge is 0.332 e. The highest BCUT2D eigenvalue weighted by atomic mass is 35.5. The summed E-state index contributed by atoms with van der Waals surface area (Å²) in [6.45, 7) is 4.78. The topological polar surface area (TPSA) is 94.3 Å². The third-order valence-electron chi connectivity index (χ3n) is 5.58. The fourth-order valence-corrected chi connectivity index (χ4v) is 4.11. The Morgan fingerprint density at radius 2 is 1.72 bits per heavy atom. The molecule has 9 nitrogen and oxygen atoms in total. The SMILES string of the molecule is Cn1c(=O)c2c(nc(N)n2CCN2CCN(c3ccccc3Cl)CC2)n(C)c1=O. The summed E-state index contributed by atoms with van der Waals surface area (Å²) in [5.41, 5.74) is 7.02. The molecule has 1 saturated heterocycles. The van der Waals surface area contributed by atoms with E-state index in [2.05, 4.69) is 14.8 Å². The summed E-state index contributed by atoms with van der Waals surface area (Å²) < 4.78 is 4.14. The van der Waals surface area contributed by atoms with E-state index in [1.165, 1.54) is 11.6 Å². The Kier molecular flexibility index (Phi) is 5.10. The molecule has 1 aliphatic heterocycles. The van der Waals surface area contributed by atoms with Gasteiger partial charge >= 0.3 is 5.69 Å². The first-order valence-corrected chi connectivity index (χ1v) is 9.90. The van der Waals surface area contributed by atoms with Gasteiger partial charge in [-0.2, -0.15) is 4.98 Å². The van der Waals surface area contributed by atoms with Gasteiger partial charge in [-0.15, -0.1) is 0 Å². The van der Waals surface area contributed by atoms with E-state index in [0.717, 1.165) is 48.0 Å². The summed E-state index contributed by atoms with van der Waals surface area (Å²) in [6.07, 6.45) is 0. The Labute approximate surface area is 172 Å². The number of hydrogen-bond donors (Lipinski definition) is 1. The number of para-hydroxylation sites is 1. The van der Waals surface area contributed by atoms with Gasteiger partial charge in [-0.3, -0.25) is 18.8 Å². The van der Waals surface area contributed by atoms with E-state index in [4.69, 9.17) is 17.3 Å². The number of anilines is 2. The van der Waals surface area contributed by atoms with Crippen LogP contribution in [-0.4, -0.2) is 56.3 Å².